The molecule has 1 aromatic heterocycles. The highest BCUT2D eigenvalue weighted by atomic mass is 19.4. The third kappa shape index (κ3) is 9.45. The SMILES string of the molecule is CC(c1ccc(-c2cc(-c3ccccc3)cc(-c3ccc(C(C)(c4ccc(N(c5ccccc5)c5ccccc5)cc4)C(F)(F)F)cc3)n2)cc1)(c1ccc(N(c2ccccc2)c2ccccc2)cc1)C(F)(F)F. The monoisotopic (exact) mass is 985 g/mol. The van der Waals surface area contributed by atoms with Gasteiger partial charge in [-0.05, 0) is 132 Å². The van der Waals surface area contributed by atoms with E-state index in [2.05, 4.69) is 0 Å². The van der Waals surface area contributed by atoms with E-state index in [1.807, 2.05) is 174 Å². The van der Waals surface area contributed by atoms with Crippen LogP contribution >= 0.6 is 0 Å². The van der Waals surface area contributed by atoms with Crippen LogP contribution in [0.15, 0.2) is 261 Å². The molecule has 3 nitrogen and oxygen atoms in total. The Morgan fingerprint density at radius 1 is 0.270 bits per heavy atom. The number of rotatable bonds is 13. The molecule has 0 aliphatic carbocycles. The molecule has 0 saturated carbocycles. The Bertz CT molecular complexity index is 3150. The molecule has 2 unspecified atom stereocenters. The summed E-state index contributed by atoms with van der Waals surface area (Å²) in [6.45, 7) is 2.40. The average molecular weight is 986 g/mol. The number of alkyl halides is 6. The van der Waals surface area contributed by atoms with E-state index in [4.69, 9.17) is 4.98 Å². The van der Waals surface area contributed by atoms with Gasteiger partial charge in [-0.15, -0.1) is 0 Å². The highest BCUT2D eigenvalue weighted by Crippen LogP contribution is 2.49. The lowest BCUT2D eigenvalue weighted by Crippen LogP contribution is -2.40. The number of nitrogens with zero attached hydrogens (tertiary/aromatic N) is 3. The summed E-state index contributed by atoms with van der Waals surface area (Å²) in [6, 6.07) is 77.5. The highest BCUT2D eigenvalue weighted by Gasteiger charge is 2.54. The lowest BCUT2D eigenvalue weighted by molar-refractivity contribution is -0.173. The highest BCUT2D eigenvalue weighted by molar-refractivity contribution is 5.79. The van der Waals surface area contributed by atoms with Gasteiger partial charge in [0.2, 0.25) is 0 Å². The summed E-state index contributed by atoms with van der Waals surface area (Å²) in [6.07, 6.45) is -9.34. The molecule has 0 fully saturated rings. The van der Waals surface area contributed by atoms with E-state index in [1.165, 1.54) is 62.4 Å². The van der Waals surface area contributed by atoms with Crippen LogP contribution in [0.25, 0.3) is 33.6 Å². The summed E-state index contributed by atoms with van der Waals surface area (Å²) in [5.41, 5.74) is 4.10. The van der Waals surface area contributed by atoms with Crippen LogP contribution in [-0.2, 0) is 10.8 Å². The van der Waals surface area contributed by atoms with Gasteiger partial charge in [0.05, 0.1) is 11.4 Å². The molecule has 0 saturated heterocycles. The van der Waals surface area contributed by atoms with Crippen LogP contribution in [0, 0.1) is 0 Å². The Balaban J connectivity index is 0.974. The van der Waals surface area contributed by atoms with Crippen LogP contribution in [0.3, 0.4) is 0 Å². The molecule has 0 bridgehead atoms. The predicted molar refractivity (Wildman–Crippen MR) is 288 cm³/mol. The first-order chi connectivity index (χ1) is 35.7. The van der Waals surface area contributed by atoms with Gasteiger partial charge in [-0.2, -0.15) is 26.3 Å². The molecule has 10 rings (SSSR count). The zero-order valence-corrected chi connectivity index (χ0v) is 40.4. The van der Waals surface area contributed by atoms with Gasteiger partial charge in [0.1, 0.15) is 10.8 Å². The lowest BCUT2D eigenvalue weighted by Gasteiger charge is -2.34. The molecular formula is C65H49F6N3. The molecule has 10 aromatic rings. The minimum absolute atomic E-state index is 0.0477. The number of hydrogen-bond acceptors (Lipinski definition) is 3. The standard InChI is InChI=1S/C65H49F6N3/c1-62(64(66,67)68,52-36-40-58(41-37-52)73(54-20-10-4-11-21-54)55-22-12-5-13-23-55)50-32-28-47(29-33-50)60-44-49(46-18-8-3-9-19-46)45-61(72-60)48-30-34-51(35-31-48)63(2,65(69,70)71)53-38-42-59(43-39-53)74(56-24-14-6-15-25-56)57-26-16-7-17-27-57/h3-45H,1-2H3. The first-order valence-corrected chi connectivity index (χ1v) is 24.2. The minimum Gasteiger partial charge on any atom is -0.311 e. The Kier molecular flexibility index (Phi) is 13.3. The van der Waals surface area contributed by atoms with Crippen LogP contribution in [-0.4, -0.2) is 17.3 Å². The molecule has 1 heterocycles. The van der Waals surface area contributed by atoms with Crippen molar-refractivity contribution in [3.05, 3.63) is 283 Å². The fourth-order valence-corrected chi connectivity index (χ4v) is 9.65. The van der Waals surface area contributed by atoms with Crippen molar-refractivity contribution in [2.75, 3.05) is 9.80 Å². The minimum atomic E-state index is -4.67. The maximum atomic E-state index is 15.5. The number of halogens is 6. The van der Waals surface area contributed by atoms with E-state index in [1.54, 1.807) is 48.5 Å². The molecule has 74 heavy (non-hydrogen) atoms. The van der Waals surface area contributed by atoms with Gasteiger partial charge in [0.25, 0.3) is 0 Å². The average Bonchev–Trinajstić information content (AvgIpc) is 3.44. The Labute approximate surface area is 427 Å². The topological polar surface area (TPSA) is 19.4 Å². The number of anilines is 6. The molecule has 0 amide bonds. The van der Waals surface area contributed by atoms with Crippen molar-refractivity contribution in [1.29, 1.82) is 0 Å². The molecule has 0 radical (unpaired) electrons. The van der Waals surface area contributed by atoms with Crippen molar-refractivity contribution < 1.29 is 26.3 Å². The van der Waals surface area contributed by atoms with Gasteiger partial charge < -0.3 is 9.80 Å². The third-order valence-corrected chi connectivity index (χ3v) is 14.0. The Morgan fingerprint density at radius 2 is 0.514 bits per heavy atom. The second-order valence-corrected chi connectivity index (χ2v) is 18.5. The van der Waals surface area contributed by atoms with Gasteiger partial charge in [-0.3, -0.25) is 0 Å². The zero-order valence-electron chi connectivity index (χ0n) is 40.4. The molecule has 2 atom stereocenters. The molecule has 9 heteroatoms. The Morgan fingerprint density at radius 3 is 0.784 bits per heavy atom. The molecule has 0 spiro atoms. The van der Waals surface area contributed by atoms with Gasteiger partial charge in [0.15, 0.2) is 0 Å². The molecule has 0 aliphatic rings. The van der Waals surface area contributed by atoms with Crippen molar-refractivity contribution in [3.8, 4) is 33.6 Å². The maximum absolute atomic E-state index is 15.5. The second kappa shape index (κ2) is 20.1. The molecular weight excluding hydrogens is 937 g/mol. The summed E-state index contributed by atoms with van der Waals surface area (Å²) in [5.74, 6) is 0. The molecule has 0 N–H and O–H groups in total. The molecule has 9 aromatic carbocycles. The van der Waals surface area contributed by atoms with E-state index in [0.29, 0.717) is 33.9 Å². The largest absolute Gasteiger partial charge is 0.402 e. The van der Waals surface area contributed by atoms with E-state index >= 15 is 26.3 Å². The van der Waals surface area contributed by atoms with E-state index in [0.717, 1.165) is 33.9 Å². The number of hydrogen-bond donors (Lipinski definition) is 0. The van der Waals surface area contributed by atoms with E-state index < -0.39 is 23.2 Å². The fraction of sp³-hybridized carbons (Fsp3) is 0.0923. The summed E-state index contributed by atoms with van der Waals surface area (Å²) in [7, 11) is 0. The number of para-hydroxylation sites is 4. The van der Waals surface area contributed by atoms with Crippen LogP contribution in [0.2, 0.25) is 0 Å². The summed E-state index contributed by atoms with van der Waals surface area (Å²) >= 11 is 0. The van der Waals surface area contributed by atoms with Crippen LogP contribution in [0.5, 0.6) is 0 Å². The zero-order chi connectivity index (χ0) is 51.5. The first-order valence-electron chi connectivity index (χ1n) is 24.2. The number of aromatic nitrogens is 1. The van der Waals surface area contributed by atoms with Crippen LogP contribution in [0.4, 0.5) is 60.5 Å². The van der Waals surface area contributed by atoms with E-state index in [9.17, 15) is 0 Å². The molecule has 0 aliphatic heterocycles. The smallest absolute Gasteiger partial charge is 0.311 e. The van der Waals surface area contributed by atoms with Crippen molar-refractivity contribution in [1.82, 2.24) is 4.98 Å². The summed E-state index contributed by atoms with van der Waals surface area (Å²) in [5, 5.41) is 0. The quantitative estimate of drug-likeness (QED) is 0.107. The number of pyridine rings is 1. The predicted octanol–water partition coefficient (Wildman–Crippen LogP) is 18.8. The van der Waals surface area contributed by atoms with Gasteiger partial charge >= 0.3 is 12.4 Å². The van der Waals surface area contributed by atoms with Crippen molar-refractivity contribution in [2.24, 2.45) is 0 Å². The second-order valence-electron chi connectivity index (χ2n) is 18.5. The normalized spacial score (nSPS) is 13.4. The van der Waals surface area contributed by atoms with E-state index in [-0.39, 0.29) is 22.3 Å². The lowest BCUT2D eigenvalue weighted by atomic mass is 9.75. The summed E-state index contributed by atoms with van der Waals surface area (Å²) < 4.78 is 93.1. The number of benzene rings is 9. The van der Waals surface area contributed by atoms with Crippen molar-refractivity contribution >= 4 is 34.1 Å². The fourth-order valence-electron chi connectivity index (χ4n) is 9.65. The van der Waals surface area contributed by atoms with Crippen molar-refractivity contribution in [2.45, 2.75) is 37.0 Å². The first kappa shape index (κ1) is 48.9. The van der Waals surface area contributed by atoms with Crippen molar-refractivity contribution in [3.63, 3.8) is 0 Å². The molecule has 366 valence electrons. The van der Waals surface area contributed by atoms with Gasteiger partial charge in [-0.1, -0.05) is 176 Å². The maximum Gasteiger partial charge on any atom is 0.402 e. The van der Waals surface area contributed by atoms with Crippen LogP contribution in [0.1, 0.15) is 36.1 Å². The third-order valence-electron chi connectivity index (χ3n) is 14.0. The Hall–Kier alpha value is -8.69. The van der Waals surface area contributed by atoms with Gasteiger partial charge in [-0.25, -0.2) is 4.98 Å². The van der Waals surface area contributed by atoms with Crippen LogP contribution < -0.4 is 9.80 Å². The summed E-state index contributed by atoms with van der Waals surface area (Å²) in [4.78, 5) is 8.99. The van der Waals surface area contributed by atoms with Gasteiger partial charge in [0, 0.05) is 45.3 Å².